The Morgan fingerprint density at radius 1 is 1.40 bits per heavy atom. The number of hydrogen-bond acceptors (Lipinski definition) is 5. The van der Waals surface area contributed by atoms with Gasteiger partial charge in [-0.2, -0.15) is 12.6 Å². The first kappa shape index (κ1) is 16.6. The fraction of sp³-hybridized carbons (Fsp3) is 0.750. The van der Waals surface area contributed by atoms with E-state index in [4.69, 9.17) is 15.9 Å². The van der Waals surface area contributed by atoms with Gasteiger partial charge < -0.3 is 15.9 Å². The lowest BCUT2D eigenvalue weighted by Gasteiger charge is -2.01. The van der Waals surface area contributed by atoms with Crippen LogP contribution < -0.4 is 5.73 Å². The number of thiol groups is 1. The van der Waals surface area contributed by atoms with Crippen LogP contribution in [0.15, 0.2) is 0 Å². The first-order valence-corrected chi connectivity index (χ1v) is 4.90. The Kier molecular flexibility index (Phi) is 10.8. The highest BCUT2D eigenvalue weighted by Gasteiger charge is 2.08. The summed E-state index contributed by atoms with van der Waals surface area (Å²) in [7, 11) is 3.43. The first-order chi connectivity index (χ1) is 6.81. The summed E-state index contributed by atoms with van der Waals surface area (Å²) < 4.78 is 0. The highest BCUT2D eigenvalue weighted by atomic mass is 32.1. The Morgan fingerprint density at radius 2 is 1.87 bits per heavy atom. The summed E-state index contributed by atoms with van der Waals surface area (Å²) >= 11 is 3.81. The molecule has 90 valence electrons. The van der Waals surface area contributed by atoms with Crippen LogP contribution >= 0.6 is 12.6 Å². The molecule has 4 N–H and O–H groups in total. The average Bonchev–Trinajstić information content (AvgIpc) is 2.02. The number of aliphatic carboxylic acids is 2. The molecule has 0 aromatic carbocycles. The van der Waals surface area contributed by atoms with Crippen molar-refractivity contribution in [2.75, 3.05) is 26.4 Å². The number of carboxylic acids is 2. The summed E-state index contributed by atoms with van der Waals surface area (Å²) in [6.07, 6.45) is 0.429. The van der Waals surface area contributed by atoms with Gasteiger partial charge in [0.15, 0.2) is 0 Å². The highest BCUT2D eigenvalue weighted by Crippen LogP contribution is 1.88. The minimum absolute atomic E-state index is 0.111. The average molecular weight is 238 g/mol. The molecule has 0 heterocycles. The molecule has 0 radical (unpaired) electrons. The predicted octanol–water partition coefficient (Wildman–Crippen LogP) is -0.649. The van der Waals surface area contributed by atoms with Gasteiger partial charge in [0.1, 0.15) is 6.04 Å². The number of likely N-dealkylation sites (N-methyl/N-ethyl adjacent to an activating group) is 1. The Hall–Kier alpha value is -0.790. The molecule has 0 amide bonds. The molecule has 1 unspecified atom stereocenters. The molecule has 0 aliphatic rings. The molecule has 15 heavy (non-hydrogen) atoms. The van der Waals surface area contributed by atoms with E-state index in [2.05, 4.69) is 12.6 Å². The minimum Gasteiger partial charge on any atom is -0.480 e. The molecule has 7 heteroatoms. The first-order valence-electron chi connectivity index (χ1n) is 4.27. The second kappa shape index (κ2) is 9.75. The number of carbonyl (C=O) groups is 2. The van der Waals surface area contributed by atoms with Gasteiger partial charge in [-0.25, -0.2) is 0 Å². The second-order valence-electron chi connectivity index (χ2n) is 3.09. The Morgan fingerprint density at radius 3 is 1.93 bits per heavy atom. The molecule has 0 saturated heterocycles. The second-order valence-corrected chi connectivity index (χ2v) is 3.54. The molecular weight excluding hydrogens is 220 g/mol. The van der Waals surface area contributed by atoms with Crippen LogP contribution in [0.1, 0.15) is 6.42 Å². The number of carboxylic acid groups (broad SMARTS) is 2. The van der Waals surface area contributed by atoms with Crippen molar-refractivity contribution in [3.05, 3.63) is 0 Å². The molecule has 0 aromatic rings. The largest absolute Gasteiger partial charge is 0.480 e. The zero-order valence-corrected chi connectivity index (χ0v) is 9.78. The van der Waals surface area contributed by atoms with Crippen LogP contribution in [0.25, 0.3) is 0 Å². The fourth-order valence-electron chi connectivity index (χ4n) is 0.533. The molecule has 0 saturated carbocycles. The van der Waals surface area contributed by atoms with Crippen molar-refractivity contribution in [3.8, 4) is 0 Å². The van der Waals surface area contributed by atoms with Crippen LogP contribution in [0.4, 0.5) is 0 Å². The van der Waals surface area contributed by atoms with E-state index in [0.717, 1.165) is 0 Å². The number of nitrogens with two attached hydrogens (primary N) is 1. The van der Waals surface area contributed by atoms with E-state index in [1.807, 2.05) is 0 Å². The van der Waals surface area contributed by atoms with Gasteiger partial charge >= 0.3 is 11.9 Å². The molecular formula is C8H18N2O4S. The lowest BCUT2D eigenvalue weighted by atomic mass is 10.2. The summed E-state index contributed by atoms with van der Waals surface area (Å²) in [4.78, 5) is 21.3. The zero-order chi connectivity index (χ0) is 12.4. The Balaban J connectivity index is 0. The van der Waals surface area contributed by atoms with Gasteiger partial charge in [0.25, 0.3) is 0 Å². The van der Waals surface area contributed by atoms with E-state index in [0.29, 0.717) is 12.2 Å². The summed E-state index contributed by atoms with van der Waals surface area (Å²) in [6.45, 7) is 0.111. The topological polar surface area (TPSA) is 104 Å². The minimum atomic E-state index is -0.959. The maximum atomic E-state index is 9.93. The number of hydrogen-bond donors (Lipinski definition) is 4. The van der Waals surface area contributed by atoms with E-state index >= 15 is 0 Å². The predicted molar refractivity (Wildman–Crippen MR) is 60.3 cm³/mol. The number of rotatable bonds is 5. The molecule has 0 rings (SSSR count). The van der Waals surface area contributed by atoms with Crippen LogP contribution in [-0.4, -0.2) is 59.5 Å². The third-order valence-corrected chi connectivity index (χ3v) is 1.47. The van der Waals surface area contributed by atoms with E-state index in [-0.39, 0.29) is 6.54 Å². The van der Waals surface area contributed by atoms with Crippen molar-refractivity contribution in [2.24, 2.45) is 5.73 Å². The molecule has 0 aliphatic heterocycles. The summed E-state index contributed by atoms with van der Waals surface area (Å²) in [5.41, 5.74) is 5.08. The lowest BCUT2D eigenvalue weighted by molar-refractivity contribution is -0.139. The van der Waals surface area contributed by atoms with Crippen molar-refractivity contribution in [1.29, 1.82) is 0 Å². The van der Waals surface area contributed by atoms with E-state index in [9.17, 15) is 9.59 Å². The molecule has 0 aromatic heterocycles. The van der Waals surface area contributed by atoms with Crippen LogP contribution in [-0.2, 0) is 9.59 Å². The SMILES string of the molecule is CN(C)CC(=O)O.NC(CCS)C(=O)O. The molecule has 1 atom stereocenters. The molecule has 0 bridgehead atoms. The lowest BCUT2D eigenvalue weighted by Crippen LogP contribution is -2.30. The van der Waals surface area contributed by atoms with Crippen molar-refractivity contribution in [2.45, 2.75) is 12.5 Å². The molecule has 0 fully saturated rings. The third-order valence-electron chi connectivity index (χ3n) is 1.21. The molecule has 0 spiro atoms. The van der Waals surface area contributed by atoms with Gasteiger partial charge in [-0.3, -0.25) is 14.5 Å². The fourth-order valence-corrected chi connectivity index (χ4v) is 0.811. The zero-order valence-electron chi connectivity index (χ0n) is 8.88. The monoisotopic (exact) mass is 238 g/mol. The summed E-state index contributed by atoms with van der Waals surface area (Å²) in [5, 5.41) is 16.2. The van der Waals surface area contributed by atoms with Crippen LogP contribution in [0.5, 0.6) is 0 Å². The quantitative estimate of drug-likeness (QED) is 0.475. The Bertz CT molecular complexity index is 199. The van der Waals surface area contributed by atoms with Gasteiger partial charge in [0, 0.05) is 0 Å². The maximum absolute atomic E-state index is 9.93. The van der Waals surface area contributed by atoms with Gasteiger partial charge in [0.05, 0.1) is 6.54 Å². The van der Waals surface area contributed by atoms with E-state index in [1.165, 1.54) is 0 Å². The van der Waals surface area contributed by atoms with E-state index in [1.54, 1.807) is 19.0 Å². The summed E-state index contributed by atoms with van der Waals surface area (Å²) in [6, 6.07) is -0.743. The maximum Gasteiger partial charge on any atom is 0.320 e. The van der Waals surface area contributed by atoms with Gasteiger partial charge in [0.2, 0.25) is 0 Å². The van der Waals surface area contributed by atoms with Crippen LogP contribution in [0.3, 0.4) is 0 Å². The van der Waals surface area contributed by atoms with Crippen molar-refractivity contribution >= 4 is 24.6 Å². The van der Waals surface area contributed by atoms with Crippen molar-refractivity contribution in [3.63, 3.8) is 0 Å². The van der Waals surface area contributed by atoms with E-state index < -0.39 is 18.0 Å². The van der Waals surface area contributed by atoms with Crippen molar-refractivity contribution in [1.82, 2.24) is 4.90 Å². The standard InChI is InChI=1S/C4H9NO2S.C4H9NO2/c5-3(1-2-8)4(6)7;1-5(2)3-4(6)7/h3,8H,1-2,5H2,(H,6,7);3H2,1-2H3,(H,6,7). The smallest absolute Gasteiger partial charge is 0.320 e. The molecule has 0 aliphatic carbocycles. The van der Waals surface area contributed by atoms with Crippen LogP contribution in [0.2, 0.25) is 0 Å². The van der Waals surface area contributed by atoms with Gasteiger partial charge in [-0.15, -0.1) is 0 Å². The molecule has 6 nitrogen and oxygen atoms in total. The summed E-state index contributed by atoms with van der Waals surface area (Å²) in [5.74, 6) is -1.22. The normalized spacial score (nSPS) is 11.5. The van der Waals surface area contributed by atoms with Gasteiger partial charge in [-0.05, 0) is 26.3 Å². The Labute approximate surface area is 94.5 Å². The highest BCUT2D eigenvalue weighted by molar-refractivity contribution is 7.80. The van der Waals surface area contributed by atoms with Gasteiger partial charge in [-0.1, -0.05) is 0 Å². The van der Waals surface area contributed by atoms with Crippen molar-refractivity contribution < 1.29 is 19.8 Å². The third kappa shape index (κ3) is 15.9. The van der Waals surface area contributed by atoms with Crippen LogP contribution in [0, 0.1) is 0 Å². The number of nitrogens with zero attached hydrogens (tertiary/aromatic N) is 1.